The smallest absolute Gasteiger partial charge is 0.0937 e. The van der Waals surface area contributed by atoms with Gasteiger partial charge in [-0.1, -0.05) is 13.8 Å². The Morgan fingerprint density at radius 3 is 2.65 bits per heavy atom. The molecule has 5 fully saturated rings. The highest BCUT2D eigenvalue weighted by Gasteiger charge is 2.67. The normalized spacial score (nSPS) is 44.1. The molecule has 208 valence electrons. The number of aliphatic hydroxyl groups is 1. The van der Waals surface area contributed by atoms with Crippen LogP contribution in [0, 0.1) is 28.6 Å². The topological polar surface area (TPSA) is 39.9 Å². The van der Waals surface area contributed by atoms with E-state index >= 15 is 0 Å². The third-order valence-corrected chi connectivity index (χ3v) is 13.9. The zero-order valence-corrected chi connectivity index (χ0v) is 24.6. The van der Waals surface area contributed by atoms with Crippen LogP contribution in [0.2, 0.25) is 0 Å². The summed E-state index contributed by atoms with van der Waals surface area (Å²) in [6.07, 6.45) is 17.9. The van der Waals surface area contributed by atoms with Crippen LogP contribution in [0.15, 0.2) is 23.0 Å². The van der Waals surface area contributed by atoms with Crippen molar-refractivity contribution in [2.24, 2.45) is 28.6 Å². The zero-order valence-electron chi connectivity index (χ0n) is 23.8. The Labute approximate surface area is 230 Å². The van der Waals surface area contributed by atoms with Crippen LogP contribution in [0.25, 0.3) is 0 Å². The van der Waals surface area contributed by atoms with Crippen LogP contribution in [0.3, 0.4) is 0 Å². The third kappa shape index (κ3) is 4.66. The van der Waals surface area contributed by atoms with Crippen LogP contribution in [0.5, 0.6) is 0 Å². The molecule has 0 spiro atoms. The highest BCUT2D eigenvalue weighted by molar-refractivity contribution is 7.99. The fourth-order valence-electron chi connectivity index (χ4n) is 10.2. The number of furan rings is 1. The summed E-state index contributed by atoms with van der Waals surface area (Å²) >= 11 is 2.27. The second-order valence-electron chi connectivity index (χ2n) is 14.1. The van der Waals surface area contributed by atoms with Crippen LogP contribution in [0.4, 0.5) is 0 Å². The first-order valence-corrected chi connectivity index (χ1v) is 16.7. The first kappa shape index (κ1) is 26.7. The fourth-order valence-corrected chi connectivity index (χ4v) is 11.6. The molecule has 1 saturated heterocycles. The second kappa shape index (κ2) is 10.5. The summed E-state index contributed by atoms with van der Waals surface area (Å²) in [5.41, 5.74) is 1.24. The maximum absolute atomic E-state index is 12.4. The van der Waals surface area contributed by atoms with Crippen molar-refractivity contribution in [2.75, 3.05) is 45.5 Å². The van der Waals surface area contributed by atoms with Crippen molar-refractivity contribution in [3.63, 3.8) is 0 Å². The van der Waals surface area contributed by atoms with Crippen LogP contribution in [0.1, 0.15) is 96.0 Å². The Hall–Kier alpha value is -0.490. The van der Waals surface area contributed by atoms with Crippen molar-refractivity contribution in [3.8, 4) is 0 Å². The Morgan fingerprint density at radius 2 is 1.86 bits per heavy atom. The van der Waals surface area contributed by atoms with Crippen molar-refractivity contribution >= 4 is 11.8 Å². The lowest BCUT2D eigenvalue weighted by Gasteiger charge is -2.63. The van der Waals surface area contributed by atoms with E-state index in [2.05, 4.69) is 48.5 Å². The number of hydrogen-bond acceptors (Lipinski definition) is 5. The molecule has 6 rings (SSSR count). The molecule has 1 aromatic heterocycles. The van der Waals surface area contributed by atoms with Gasteiger partial charge in [-0.15, -0.1) is 0 Å². The molecule has 1 aliphatic heterocycles. The molecule has 4 saturated carbocycles. The van der Waals surface area contributed by atoms with E-state index in [1.165, 1.54) is 102 Å². The summed E-state index contributed by atoms with van der Waals surface area (Å²) in [7, 11) is 2.32. The second-order valence-corrected chi connectivity index (χ2v) is 15.5. The molecule has 1 N–H and O–H groups in total. The van der Waals surface area contributed by atoms with E-state index in [4.69, 9.17) is 4.42 Å². The number of likely N-dealkylation sites (tertiary alicyclic amines) is 1. The largest absolute Gasteiger partial charge is 0.472 e. The van der Waals surface area contributed by atoms with Crippen molar-refractivity contribution < 1.29 is 9.52 Å². The quantitative estimate of drug-likeness (QED) is 0.409. The van der Waals surface area contributed by atoms with E-state index in [0.29, 0.717) is 23.2 Å². The minimum atomic E-state index is -0.503. The molecule has 4 aliphatic carbocycles. The SMILES string of the molecule is CN(CCS[C@H]1CC[C@@]2(C)[C@H](CC[C@@H]3[C@@H]2CC[C@]2(C)[C@@H](c4ccoc4)CC[C@]32O)C1)CCN1CCCC1. The minimum absolute atomic E-state index is 0.00487. The first-order valence-electron chi connectivity index (χ1n) is 15.6. The van der Waals surface area contributed by atoms with Crippen LogP contribution in [-0.2, 0) is 0 Å². The lowest BCUT2D eigenvalue weighted by atomic mass is 9.43. The van der Waals surface area contributed by atoms with Gasteiger partial charge in [-0.25, -0.2) is 0 Å². The highest BCUT2D eigenvalue weighted by Crippen LogP contribution is 2.70. The van der Waals surface area contributed by atoms with E-state index in [9.17, 15) is 5.11 Å². The molecule has 0 bridgehead atoms. The van der Waals surface area contributed by atoms with Crippen LogP contribution >= 0.6 is 11.8 Å². The Bertz CT molecular complexity index is 903. The van der Waals surface area contributed by atoms with Crippen molar-refractivity contribution in [2.45, 2.75) is 101 Å². The van der Waals surface area contributed by atoms with Gasteiger partial charge in [0.2, 0.25) is 0 Å². The molecule has 0 radical (unpaired) electrons. The van der Waals surface area contributed by atoms with E-state index in [1.54, 1.807) is 0 Å². The number of hydrogen-bond donors (Lipinski definition) is 1. The van der Waals surface area contributed by atoms with Crippen LogP contribution in [-0.4, -0.2) is 71.3 Å². The van der Waals surface area contributed by atoms with Gasteiger partial charge in [-0.05, 0) is 131 Å². The van der Waals surface area contributed by atoms with E-state index in [0.717, 1.165) is 24.0 Å². The summed E-state index contributed by atoms with van der Waals surface area (Å²) in [5.74, 6) is 3.77. The standard InChI is InChI=1S/C32H52N2O2S/c1-30-12-8-26(37-21-19-33(3)17-18-34-15-4-5-16-34)22-25(30)6-7-29-28(30)9-13-31(2)27(10-14-32(29,31)35)24-11-20-36-23-24/h11,20,23,25-29,35H,4-10,12-19,21-22H2,1-3H3/t25-,26+,27-,28+,29-,30+,31-,32+/m1/s1. The highest BCUT2D eigenvalue weighted by atomic mass is 32.2. The van der Waals surface area contributed by atoms with E-state index in [1.807, 2.05) is 12.5 Å². The average molecular weight is 529 g/mol. The maximum Gasteiger partial charge on any atom is 0.0937 e. The van der Waals surface area contributed by atoms with Gasteiger partial charge >= 0.3 is 0 Å². The predicted molar refractivity (Wildman–Crippen MR) is 154 cm³/mol. The lowest BCUT2D eigenvalue weighted by Crippen LogP contribution is -2.61. The molecule has 5 heteroatoms. The molecule has 5 aliphatic rings. The average Bonchev–Trinajstić information content (AvgIpc) is 3.64. The van der Waals surface area contributed by atoms with Gasteiger partial charge in [-0.2, -0.15) is 11.8 Å². The lowest BCUT2D eigenvalue weighted by molar-refractivity contribution is -0.200. The number of nitrogens with zero attached hydrogens (tertiary/aromatic N) is 2. The van der Waals surface area contributed by atoms with Gasteiger partial charge in [0.1, 0.15) is 0 Å². The van der Waals surface area contributed by atoms with Crippen molar-refractivity contribution in [3.05, 3.63) is 24.2 Å². The van der Waals surface area contributed by atoms with Crippen molar-refractivity contribution in [1.29, 1.82) is 0 Å². The molecule has 0 amide bonds. The van der Waals surface area contributed by atoms with Gasteiger partial charge in [0.25, 0.3) is 0 Å². The molecule has 37 heavy (non-hydrogen) atoms. The summed E-state index contributed by atoms with van der Waals surface area (Å²) in [5, 5.41) is 13.3. The maximum atomic E-state index is 12.4. The summed E-state index contributed by atoms with van der Waals surface area (Å²) in [4.78, 5) is 5.19. The number of fused-ring (bicyclic) bond motifs is 5. The molecular weight excluding hydrogens is 476 g/mol. The molecule has 8 atom stereocenters. The number of likely N-dealkylation sites (N-methyl/N-ethyl adjacent to an activating group) is 1. The van der Waals surface area contributed by atoms with Gasteiger partial charge in [0, 0.05) is 36.1 Å². The number of rotatable bonds is 8. The molecule has 1 aromatic rings. The third-order valence-electron chi connectivity index (χ3n) is 12.6. The molecule has 2 heterocycles. The monoisotopic (exact) mass is 528 g/mol. The summed E-state index contributed by atoms with van der Waals surface area (Å²) in [6, 6.07) is 2.15. The summed E-state index contributed by atoms with van der Waals surface area (Å²) in [6.45, 7) is 11.4. The Balaban J connectivity index is 1.04. The molecule has 0 unspecified atom stereocenters. The molecule has 4 nitrogen and oxygen atoms in total. The van der Waals surface area contributed by atoms with Crippen LogP contribution < -0.4 is 0 Å². The predicted octanol–water partition coefficient (Wildman–Crippen LogP) is 6.65. The van der Waals surface area contributed by atoms with Gasteiger partial charge in [0.15, 0.2) is 0 Å². The van der Waals surface area contributed by atoms with Crippen molar-refractivity contribution in [1.82, 2.24) is 9.80 Å². The minimum Gasteiger partial charge on any atom is -0.472 e. The Morgan fingerprint density at radius 1 is 1.03 bits per heavy atom. The molecule has 0 aromatic carbocycles. The van der Waals surface area contributed by atoms with E-state index in [-0.39, 0.29) is 5.41 Å². The zero-order chi connectivity index (χ0) is 25.7. The summed E-state index contributed by atoms with van der Waals surface area (Å²) < 4.78 is 5.47. The fraction of sp³-hybridized carbons (Fsp3) is 0.875. The van der Waals surface area contributed by atoms with Gasteiger partial charge in [0.05, 0.1) is 18.1 Å². The Kier molecular flexibility index (Phi) is 7.57. The van der Waals surface area contributed by atoms with E-state index < -0.39 is 5.60 Å². The van der Waals surface area contributed by atoms with Gasteiger partial charge < -0.3 is 19.3 Å². The first-order chi connectivity index (χ1) is 17.8. The van der Waals surface area contributed by atoms with Gasteiger partial charge in [-0.3, -0.25) is 0 Å². The number of thioether (sulfide) groups is 1. The molecular formula is C32H52N2O2S.